The van der Waals surface area contributed by atoms with Crippen molar-refractivity contribution in [2.75, 3.05) is 33.3 Å². The quantitative estimate of drug-likeness (QED) is 0.597. The van der Waals surface area contributed by atoms with E-state index < -0.39 is 18.5 Å². The van der Waals surface area contributed by atoms with E-state index in [2.05, 4.69) is 5.32 Å². The molecule has 0 heterocycles. The van der Waals surface area contributed by atoms with Crippen LogP contribution in [0.15, 0.2) is 30.3 Å². The zero-order valence-electron chi connectivity index (χ0n) is 16.3. The maximum absolute atomic E-state index is 12.1. The third-order valence-corrected chi connectivity index (χ3v) is 4.27. The molecule has 1 amide bonds. The number of aromatic hydroxyl groups is 1. The van der Waals surface area contributed by atoms with Crippen LogP contribution < -0.4 is 19.5 Å². The summed E-state index contributed by atoms with van der Waals surface area (Å²) in [6.07, 6.45) is 0.399. The van der Waals surface area contributed by atoms with E-state index in [-0.39, 0.29) is 12.2 Å². The van der Waals surface area contributed by atoms with Crippen molar-refractivity contribution in [2.24, 2.45) is 0 Å². The normalized spacial score (nSPS) is 10.2. The molecule has 29 heavy (non-hydrogen) atoms. The first-order valence-electron chi connectivity index (χ1n) is 8.60. The van der Waals surface area contributed by atoms with Crippen molar-refractivity contribution in [1.29, 1.82) is 0 Å². The van der Waals surface area contributed by atoms with Gasteiger partial charge in [-0.05, 0) is 30.2 Å². The average molecular weight is 424 g/mol. The molecule has 0 aliphatic heterocycles. The number of nitrogens with one attached hydrogen (secondary N) is 1. The smallest absolute Gasteiger partial charge is 0.306 e. The zero-order chi connectivity index (χ0) is 21.4. The summed E-state index contributed by atoms with van der Waals surface area (Å²) in [6, 6.07) is 7.87. The lowest BCUT2D eigenvalue weighted by molar-refractivity contribution is -0.147. The van der Waals surface area contributed by atoms with E-state index in [9.17, 15) is 14.7 Å². The first kappa shape index (κ1) is 22.2. The van der Waals surface area contributed by atoms with Gasteiger partial charge in [0.05, 0.1) is 32.0 Å². The molecule has 2 rings (SSSR count). The molecule has 9 heteroatoms. The van der Waals surface area contributed by atoms with Gasteiger partial charge in [-0.3, -0.25) is 9.59 Å². The molecule has 0 radical (unpaired) electrons. The Kier molecular flexibility index (Phi) is 7.97. The Balaban J connectivity index is 1.85. The van der Waals surface area contributed by atoms with Gasteiger partial charge in [0.15, 0.2) is 18.1 Å². The van der Waals surface area contributed by atoms with Gasteiger partial charge in [-0.25, -0.2) is 0 Å². The van der Waals surface area contributed by atoms with Gasteiger partial charge >= 0.3 is 5.97 Å². The molecule has 2 aromatic carbocycles. The van der Waals surface area contributed by atoms with Gasteiger partial charge in [0.25, 0.3) is 5.91 Å². The molecule has 0 bridgehead atoms. The minimum Gasteiger partial charge on any atom is -0.504 e. The topological polar surface area (TPSA) is 103 Å². The second-order valence-electron chi connectivity index (χ2n) is 5.90. The van der Waals surface area contributed by atoms with Crippen molar-refractivity contribution in [3.63, 3.8) is 0 Å². The number of benzene rings is 2. The predicted octanol–water partition coefficient (Wildman–Crippen LogP) is 3.19. The van der Waals surface area contributed by atoms with Crippen LogP contribution in [-0.4, -0.2) is 44.9 Å². The Bertz CT molecular complexity index is 885. The minimum absolute atomic E-state index is 0.00940. The number of anilines is 1. The Morgan fingerprint density at radius 2 is 1.69 bits per heavy atom. The zero-order valence-corrected chi connectivity index (χ0v) is 17.0. The van der Waals surface area contributed by atoms with E-state index in [0.717, 1.165) is 5.56 Å². The molecule has 0 unspecified atom stereocenters. The monoisotopic (exact) mass is 423 g/mol. The summed E-state index contributed by atoms with van der Waals surface area (Å²) in [4.78, 5) is 24.0. The summed E-state index contributed by atoms with van der Waals surface area (Å²) in [5, 5.41) is 12.6. The number of ether oxygens (including phenoxy) is 4. The van der Waals surface area contributed by atoms with Gasteiger partial charge in [0, 0.05) is 12.5 Å². The number of carbonyl (C=O) groups is 2. The van der Waals surface area contributed by atoms with Crippen molar-refractivity contribution < 1.29 is 33.6 Å². The summed E-state index contributed by atoms with van der Waals surface area (Å²) >= 11 is 6.06. The predicted molar refractivity (Wildman–Crippen MR) is 107 cm³/mol. The first-order valence-corrected chi connectivity index (χ1v) is 8.98. The number of halogens is 1. The van der Waals surface area contributed by atoms with Crippen molar-refractivity contribution in [3.05, 3.63) is 40.9 Å². The summed E-state index contributed by atoms with van der Waals surface area (Å²) in [7, 11) is 4.35. The van der Waals surface area contributed by atoms with Crippen LogP contribution in [0, 0.1) is 0 Å². The molecule has 0 saturated heterocycles. The van der Waals surface area contributed by atoms with Crippen molar-refractivity contribution in [3.8, 4) is 23.0 Å². The maximum Gasteiger partial charge on any atom is 0.306 e. The number of rotatable bonds is 9. The summed E-state index contributed by atoms with van der Waals surface area (Å²) in [5.41, 5.74) is 1.07. The Hall–Kier alpha value is -3.13. The van der Waals surface area contributed by atoms with Crippen LogP contribution in [0.1, 0.15) is 12.0 Å². The van der Waals surface area contributed by atoms with E-state index >= 15 is 0 Å². The van der Waals surface area contributed by atoms with Gasteiger partial charge in [0.1, 0.15) is 11.5 Å². The van der Waals surface area contributed by atoms with Crippen molar-refractivity contribution >= 4 is 29.2 Å². The highest BCUT2D eigenvalue weighted by Crippen LogP contribution is 2.35. The molecule has 2 aromatic rings. The van der Waals surface area contributed by atoms with Crippen molar-refractivity contribution in [1.82, 2.24) is 0 Å². The molecule has 0 saturated carbocycles. The molecule has 0 aliphatic carbocycles. The number of amides is 1. The standard InChI is InChI=1S/C20H22ClNO7/c1-26-16-6-4-12(8-15(16)23)5-7-20(25)29-11-19(24)22-14-9-13(21)17(27-2)10-18(14)28-3/h4,6,8-10,23H,5,7,11H2,1-3H3,(H,22,24). The van der Waals surface area contributed by atoms with E-state index in [1.54, 1.807) is 12.1 Å². The molecule has 0 aromatic heterocycles. The fraction of sp³-hybridized carbons (Fsp3) is 0.300. The number of methoxy groups -OCH3 is 3. The number of esters is 1. The van der Waals surface area contributed by atoms with Crippen LogP contribution in [0.25, 0.3) is 0 Å². The van der Waals surface area contributed by atoms with Crippen LogP contribution in [-0.2, 0) is 20.7 Å². The van der Waals surface area contributed by atoms with E-state index in [1.165, 1.54) is 39.5 Å². The molecule has 8 nitrogen and oxygen atoms in total. The first-order chi connectivity index (χ1) is 13.9. The van der Waals surface area contributed by atoms with Crippen LogP contribution in [0.2, 0.25) is 5.02 Å². The molecule has 0 aliphatic rings. The maximum atomic E-state index is 12.1. The molecule has 0 fully saturated rings. The lowest BCUT2D eigenvalue weighted by Crippen LogP contribution is -2.21. The Labute approximate surface area is 173 Å². The van der Waals surface area contributed by atoms with Gasteiger partial charge in [-0.2, -0.15) is 0 Å². The second-order valence-corrected chi connectivity index (χ2v) is 6.31. The molecule has 0 atom stereocenters. The third-order valence-electron chi connectivity index (χ3n) is 3.97. The molecule has 156 valence electrons. The summed E-state index contributed by atoms with van der Waals surface area (Å²) in [5.74, 6) is 0.00446. The highest BCUT2D eigenvalue weighted by molar-refractivity contribution is 6.32. The summed E-state index contributed by atoms with van der Waals surface area (Å²) in [6.45, 7) is -0.459. The molecular formula is C20H22ClNO7. The van der Waals surface area contributed by atoms with Crippen LogP contribution in [0.5, 0.6) is 23.0 Å². The van der Waals surface area contributed by atoms with Gasteiger partial charge < -0.3 is 29.4 Å². The van der Waals surface area contributed by atoms with Crippen LogP contribution in [0.3, 0.4) is 0 Å². The minimum atomic E-state index is -0.546. The number of phenolic OH excluding ortho intramolecular Hbond substituents is 1. The van der Waals surface area contributed by atoms with E-state index in [1.807, 2.05) is 0 Å². The van der Waals surface area contributed by atoms with E-state index in [4.69, 9.17) is 30.5 Å². The fourth-order valence-electron chi connectivity index (χ4n) is 2.50. The molecule has 0 spiro atoms. The number of phenols is 1. The third kappa shape index (κ3) is 6.18. The van der Waals surface area contributed by atoms with Crippen molar-refractivity contribution in [2.45, 2.75) is 12.8 Å². The van der Waals surface area contributed by atoms with Crippen LogP contribution >= 0.6 is 11.6 Å². The number of aryl methyl sites for hydroxylation is 1. The highest BCUT2D eigenvalue weighted by atomic mass is 35.5. The van der Waals surface area contributed by atoms with E-state index in [0.29, 0.717) is 34.4 Å². The SMILES string of the molecule is COc1ccc(CCC(=O)OCC(=O)Nc2cc(Cl)c(OC)cc2OC)cc1O. The lowest BCUT2D eigenvalue weighted by Gasteiger charge is -2.13. The highest BCUT2D eigenvalue weighted by Gasteiger charge is 2.14. The number of hydrogen-bond acceptors (Lipinski definition) is 7. The fourth-order valence-corrected chi connectivity index (χ4v) is 2.74. The Morgan fingerprint density at radius 3 is 2.31 bits per heavy atom. The average Bonchev–Trinajstić information content (AvgIpc) is 2.71. The van der Waals surface area contributed by atoms with Gasteiger partial charge in [0.2, 0.25) is 0 Å². The van der Waals surface area contributed by atoms with Gasteiger partial charge in [-0.15, -0.1) is 0 Å². The lowest BCUT2D eigenvalue weighted by atomic mass is 10.1. The van der Waals surface area contributed by atoms with Crippen LogP contribution in [0.4, 0.5) is 5.69 Å². The number of hydrogen-bond donors (Lipinski definition) is 2. The Morgan fingerprint density at radius 1 is 1.00 bits per heavy atom. The second kappa shape index (κ2) is 10.4. The largest absolute Gasteiger partial charge is 0.504 e. The molecular weight excluding hydrogens is 402 g/mol. The summed E-state index contributed by atoms with van der Waals surface area (Å²) < 4.78 is 20.2. The number of carbonyl (C=O) groups excluding carboxylic acids is 2. The molecule has 2 N–H and O–H groups in total. The van der Waals surface area contributed by atoms with Gasteiger partial charge in [-0.1, -0.05) is 17.7 Å².